The molecule has 0 spiro atoms. The number of unbranched alkanes of at least 4 members (excludes halogenated alkanes) is 2. The van der Waals surface area contributed by atoms with E-state index in [-0.39, 0.29) is 17.3 Å². The second-order valence-electron chi connectivity index (χ2n) is 7.15. The normalized spacial score (nSPS) is 11.3. The number of nitrogens with one attached hydrogen (secondary N) is 1. The van der Waals surface area contributed by atoms with Crippen molar-refractivity contribution in [1.82, 2.24) is 5.32 Å². The van der Waals surface area contributed by atoms with Gasteiger partial charge in [0.15, 0.2) is 0 Å². The monoisotopic (exact) mass is 402 g/mol. The van der Waals surface area contributed by atoms with Gasteiger partial charge in [0.2, 0.25) is 5.91 Å². The Morgan fingerprint density at radius 2 is 1.64 bits per heavy atom. The van der Waals surface area contributed by atoms with Crippen molar-refractivity contribution in [3.8, 4) is 0 Å². The minimum atomic E-state index is -3.86. The molecule has 0 atom stereocenters. The highest BCUT2D eigenvalue weighted by molar-refractivity contribution is 7.92. The van der Waals surface area contributed by atoms with Gasteiger partial charge in [-0.15, -0.1) is 0 Å². The molecule has 0 heterocycles. The fraction of sp³-hybridized carbons (Fsp3) is 0.409. The maximum atomic E-state index is 13.3. The van der Waals surface area contributed by atoms with Gasteiger partial charge in [0, 0.05) is 6.54 Å². The summed E-state index contributed by atoms with van der Waals surface area (Å²) >= 11 is 0. The van der Waals surface area contributed by atoms with E-state index in [2.05, 4.69) is 12.2 Å². The average molecular weight is 403 g/mol. The molecule has 1 N–H and O–H groups in total. The average Bonchev–Trinajstić information content (AvgIpc) is 2.66. The van der Waals surface area contributed by atoms with E-state index in [1.807, 2.05) is 32.9 Å². The molecule has 0 aliphatic rings. The third-order valence-corrected chi connectivity index (χ3v) is 6.57. The number of amides is 1. The molecule has 0 aromatic heterocycles. The number of hydrogen-bond acceptors (Lipinski definition) is 3. The quantitative estimate of drug-likeness (QED) is 0.642. The lowest BCUT2D eigenvalue weighted by atomic mass is 10.1. The van der Waals surface area contributed by atoms with Crippen LogP contribution in [-0.4, -0.2) is 27.4 Å². The van der Waals surface area contributed by atoms with E-state index < -0.39 is 10.0 Å². The van der Waals surface area contributed by atoms with Gasteiger partial charge >= 0.3 is 0 Å². The van der Waals surface area contributed by atoms with Crippen molar-refractivity contribution < 1.29 is 13.2 Å². The number of aryl methyl sites for hydroxylation is 3. The summed E-state index contributed by atoms with van der Waals surface area (Å²) in [7, 11) is -3.86. The lowest BCUT2D eigenvalue weighted by Crippen LogP contribution is -2.41. The van der Waals surface area contributed by atoms with E-state index in [1.165, 1.54) is 4.31 Å². The van der Waals surface area contributed by atoms with Crippen molar-refractivity contribution in [1.29, 1.82) is 0 Å². The Kier molecular flexibility index (Phi) is 7.63. The van der Waals surface area contributed by atoms with Crippen LogP contribution >= 0.6 is 0 Å². The lowest BCUT2D eigenvalue weighted by molar-refractivity contribution is -0.119. The van der Waals surface area contributed by atoms with Gasteiger partial charge in [-0.1, -0.05) is 43.5 Å². The largest absolute Gasteiger partial charge is 0.355 e. The minimum Gasteiger partial charge on any atom is -0.355 e. The molecule has 0 saturated carbocycles. The maximum Gasteiger partial charge on any atom is 0.264 e. The van der Waals surface area contributed by atoms with E-state index >= 15 is 0 Å². The molecule has 0 bridgehead atoms. The molecular weight excluding hydrogens is 372 g/mol. The second kappa shape index (κ2) is 9.73. The van der Waals surface area contributed by atoms with Crippen molar-refractivity contribution in [3.63, 3.8) is 0 Å². The topological polar surface area (TPSA) is 66.5 Å². The molecule has 2 aromatic carbocycles. The van der Waals surface area contributed by atoms with Gasteiger partial charge in [-0.3, -0.25) is 9.10 Å². The first kappa shape index (κ1) is 22.0. The summed E-state index contributed by atoms with van der Waals surface area (Å²) in [5, 5.41) is 2.83. The standard InChI is InChI=1S/C22H30N2O3S/c1-5-6-7-14-23-22(25)16-24(20-11-10-18(3)19(4)15-20)28(26,27)21-12-8-17(2)9-13-21/h8-13,15H,5-7,14,16H2,1-4H3,(H,23,25). The molecule has 0 unspecified atom stereocenters. The van der Waals surface area contributed by atoms with Crippen molar-refractivity contribution in [3.05, 3.63) is 59.2 Å². The molecule has 28 heavy (non-hydrogen) atoms. The molecule has 0 radical (unpaired) electrons. The zero-order chi connectivity index (χ0) is 20.7. The lowest BCUT2D eigenvalue weighted by Gasteiger charge is -2.25. The second-order valence-corrected chi connectivity index (χ2v) is 9.01. The summed E-state index contributed by atoms with van der Waals surface area (Å²) in [5.74, 6) is -0.301. The number of carbonyl (C=O) groups excluding carboxylic acids is 1. The molecule has 0 aliphatic heterocycles. The Hall–Kier alpha value is -2.34. The fourth-order valence-corrected chi connectivity index (χ4v) is 4.24. The number of carbonyl (C=O) groups is 1. The highest BCUT2D eigenvalue weighted by atomic mass is 32.2. The highest BCUT2D eigenvalue weighted by Gasteiger charge is 2.27. The summed E-state index contributed by atoms with van der Waals surface area (Å²) < 4.78 is 27.8. The van der Waals surface area contributed by atoms with Crippen LogP contribution in [0.5, 0.6) is 0 Å². The SMILES string of the molecule is CCCCCNC(=O)CN(c1ccc(C)c(C)c1)S(=O)(=O)c1ccc(C)cc1. The van der Waals surface area contributed by atoms with E-state index in [0.717, 1.165) is 36.0 Å². The van der Waals surface area contributed by atoms with Crippen LogP contribution < -0.4 is 9.62 Å². The van der Waals surface area contributed by atoms with Gasteiger partial charge in [-0.2, -0.15) is 0 Å². The van der Waals surface area contributed by atoms with Crippen LogP contribution in [-0.2, 0) is 14.8 Å². The molecule has 0 saturated heterocycles. The first-order valence-corrected chi connectivity index (χ1v) is 11.1. The molecular formula is C22H30N2O3S. The number of sulfonamides is 1. The van der Waals surface area contributed by atoms with Crippen molar-refractivity contribution >= 4 is 21.6 Å². The summed E-state index contributed by atoms with van der Waals surface area (Å²) in [4.78, 5) is 12.6. The van der Waals surface area contributed by atoms with Crippen molar-refractivity contribution in [2.24, 2.45) is 0 Å². The number of benzene rings is 2. The molecule has 2 rings (SSSR count). The molecule has 1 amide bonds. The summed E-state index contributed by atoms with van der Waals surface area (Å²) in [6.45, 7) is 8.21. The van der Waals surface area contributed by atoms with Crippen LogP contribution in [0.3, 0.4) is 0 Å². The van der Waals surface area contributed by atoms with Gasteiger partial charge in [0.1, 0.15) is 6.54 Å². The van der Waals surface area contributed by atoms with Gasteiger partial charge in [-0.05, 0) is 62.6 Å². The van der Waals surface area contributed by atoms with E-state index in [1.54, 1.807) is 30.3 Å². The van der Waals surface area contributed by atoms with Crippen molar-refractivity contribution in [2.75, 3.05) is 17.4 Å². The molecule has 2 aromatic rings. The summed E-state index contributed by atoms with van der Waals surface area (Å²) in [5.41, 5.74) is 3.52. The Morgan fingerprint density at radius 3 is 2.25 bits per heavy atom. The summed E-state index contributed by atoms with van der Waals surface area (Å²) in [6, 6.07) is 12.1. The molecule has 6 heteroatoms. The fourth-order valence-electron chi connectivity index (χ4n) is 2.82. The Balaban J connectivity index is 2.34. The van der Waals surface area contributed by atoms with Crippen LogP contribution in [0, 0.1) is 20.8 Å². The predicted molar refractivity (Wildman–Crippen MR) is 114 cm³/mol. The van der Waals surface area contributed by atoms with Gasteiger partial charge < -0.3 is 5.32 Å². The Labute approximate surface area is 168 Å². The van der Waals surface area contributed by atoms with Crippen LogP contribution in [0.4, 0.5) is 5.69 Å². The smallest absolute Gasteiger partial charge is 0.264 e. The Bertz CT molecular complexity index is 906. The Morgan fingerprint density at radius 1 is 0.964 bits per heavy atom. The highest BCUT2D eigenvalue weighted by Crippen LogP contribution is 2.25. The first-order chi connectivity index (χ1) is 13.3. The molecule has 0 aliphatic carbocycles. The first-order valence-electron chi connectivity index (χ1n) is 9.69. The minimum absolute atomic E-state index is 0.176. The molecule has 0 fully saturated rings. The third kappa shape index (κ3) is 5.58. The van der Waals surface area contributed by atoms with Gasteiger partial charge in [-0.25, -0.2) is 8.42 Å². The molecule has 5 nitrogen and oxygen atoms in total. The summed E-state index contributed by atoms with van der Waals surface area (Å²) in [6.07, 6.45) is 2.98. The van der Waals surface area contributed by atoms with E-state index in [0.29, 0.717) is 12.2 Å². The van der Waals surface area contributed by atoms with Crippen LogP contribution in [0.2, 0.25) is 0 Å². The van der Waals surface area contributed by atoms with Crippen LogP contribution in [0.15, 0.2) is 47.4 Å². The maximum absolute atomic E-state index is 13.3. The van der Waals surface area contributed by atoms with Crippen LogP contribution in [0.1, 0.15) is 42.9 Å². The number of hydrogen-bond donors (Lipinski definition) is 1. The van der Waals surface area contributed by atoms with Crippen LogP contribution in [0.25, 0.3) is 0 Å². The zero-order valence-electron chi connectivity index (χ0n) is 17.2. The third-order valence-electron chi connectivity index (χ3n) is 4.78. The zero-order valence-corrected chi connectivity index (χ0v) is 18.0. The van der Waals surface area contributed by atoms with Crippen molar-refractivity contribution in [2.45, 2.75) is 51.9 Å². The van der Waals surface area contributed by atoms with Gasteiger partial charge in [0.05, 0.1) is 10.6 Å². The number of rotatable bonds is 9. The van der Waals surface area contributed by atoms with E-state index in [9.17, 15) is 13.2 Å². The number of anilines is 1. The van der Waals surface area contributed by atoms with Gasteiger partial charge in [0.25, 0.3) is 10.0 Å². The van der Waals surface area contributed by atoms with E-state index in [4.69, 9.17) is 0 Å². The number of nitrogens with zero attached hydrogens (tertiary/aromatic N) is 1. The molecule has 152 valence electrons. The predicted octanol–water partition coefficient (Wildman–Crippen LogP) is 4.11.